The monoisotopic (exact) mass is 442 g/mol. The van der Waals surface area contributed by atoms with E-state index in [2.05, 4.69) is 15.3 Å². The van der Waals surface area contributed by atoms with Crippen LogP contribution in [0.4, 0.5) is 23.7 Å². The van der Waals surface area contributed by atoms with E-state index in [0.717, 1.165) is 22.4 Å². The third-order valence-corrected chi connectivity index (χ3v) is 5.38. The average molecular weight is 442 g/mol. The zero-order valence-corrected chi connectivity index (χ0v) is 16.7. The number of anilines is 1. The summed E-state index contributed by atoms with van der Waals surface area (Å²) in [6.07, 6.45) is -1.31. The first-order valence-corrected chi connectivity index (χ1v) is 9.87. The number of piperazine rings is 1. The molecule has 3 aromatic heterocycles. The van der Waals surface area contributed by atoms with Crippen molar-refractivity contribution in [2.75, 3.05) is 31.1 Å². The molecule has 11 heteroatoms. The molecule has 0 aliphatic carbocycles. The van der Waals surface area contributed by atoms with E-state index in [4.69, 9.17) is 4.42 Å². The molecule has 0 atom stereocenters. The number of furan rings is 1. The van der Waals surface area contributed by atoms with E-state index in [1.165, 1.54) is 12.3 Å². The number of alkyl halides is 3. The van der Waals surface area contributed by atoms with E-state index in [1.54, 1.807) is 35.4 Å². The lowest BCUT2D eigenvalue weighted by Crippen LogP contribution is -2.50. The molecule has 8 nitrogen and oxygen atoms in total. The van der Waals surface area contributed by atoms with E-state index < -0.39 is 11.7 Å². The Morgan fingerprint density at radius 2 is 1.84 bits per heavy atom. The van der Waals surface area contributed by atoms with Gasteiger partial charge in [0.25, 0.3) is 0 Å². The highest BCUT2D eigenvalue weighted by molar-refractivity contribution is 5.86. The SMILES string of the molecule is O=C(N1CCN(c2cccc(C(F)(F)F)c2)CC1)n1nnc2ccc(-c3ccoc3)nc21. The van der Waals surface area contributed by atoms with Crippen molar-refractivity contribution in [3.05, 3.63) is 60.6 Å². The van der Waals surface area contributed by atoms with Crippen LogP contribution in [0.25, 0.3) is 22.4 Å². The summed E-state index contributed by atoms with van der Waals surface area (Å²) in [5.41, 5.74) is 1.98. The van der Waals surface area contributed by atoms with Gasteiger partial charge in [-0.1, -0.05) is 11.3 Å². The van der Waals surface area contributed by atoms with E-state index in [9.17, 15) is 18.0 Å². The van der Waals surface area contributed by atoms with E-state index >= 15 is 0 Å². The fourth-order valence-electron chi connectivity index (χ4n) is 3.68. The molecule has 4 heterocycles. The topological polar surface area (TPSA) is 80.3 Å². The van der Waals surface area contributed by atoms with Crippen LogP contribution in [0.5, 0.6) is 0 Å². The predicted molar refractivity (Wildman–Crippen MR) is 109 cm³/mol. The first-order valence-electron chi connectivity index (χ1n) is 9.87. The van der Waals surface area contributed by atoms with Crippen molar-refractivity contribution < 1.29 is 22.4 Å². The molecule has 1 aromatic carbocycles. The number of aromatic nitrogens is 4. The number of fused-ring (bicyclic) bond motifs is 1. The number of rotatable bonds is 2. The van der Waals surface area contributed by atoms with E-state index in [0.29, 0.717) is 48.7 Å². The molecule has 164 valence electrons. The van der Waals surface area contributed by atoms with Crippen LogP contribution in [0.1, 0.15) is 5.56 Å². The van der Waals surface area contributed by atoms with E-state index in [-0.39, 0.29) is 6.03 Å². The fraction of sp³-hybridized carbons (Fsp3) is 0.238. The molecule has 0 saturated carbocycles. The molecule has 1 saturated heterocycles. The number of benzene rings is 1. The number of hydrogen-bond donors (Lipinski definition) is 0. The van der Waals surface area contributed by atoms with Gasteiger partial charge in [-0.2, -0.15) is 13.2 Å². The zero-order valence-electron chi connectivity index (χ0n) is 16.7. The van der Waals surface area contributed by atoms with Gasteiger partial charge in [-0.15, -0.1) is 9.78 Å². The fourth-order valence-corrected chi connectivity index (χ4v) is 3.68. The van der Waals surface area contributed by atoms with Gasteiger partial charge in [0.1, 0.15) is 5.52 Å². The Morgan fingerprint density at radius 1 is 1.03 bits per heavy atom. The number of nitrogens with zero attached hydrogens (tertiary/aromatic N) is 6. The number of pyridine rings is 1. The molecular formula is C21H17F3N6O2. The molecule has 0 spiro atoms. The second-order valence-electron chi connectivity index (χ2n) is 7.36. The maximum atomic E-state index is 13.1. The summed E-state index contributed by atoms with van der Waals surface area (Å²) >= 11 is 0. The first kappa shape index (κ1) is 20.0. The van der Waals surface area contributed by atoms with E-state index in [1.807, 2.05) is 4.90 Å². The average Bonchev–Trinajstić information content (AvgIpc) is 3.48. The van der Waals surface area contributed by atoms with Gasteiger partial charge in [-0.25, -0.2) is 9.78 Å². The largest absolute Gasteiger partial charge is 0.472 e. The second-order valence-corrected chi connectivity index (χ2v) is 7.36. The Morgan fingerprint density at radius 3 is 2.56 bits per heavy atom. The van der Waals surface area contributed by atoms with Crippen LogP contribution in [0.15, 0.2) is 59.4 Å². The van der Waals surface area contributed by atoms with Crippen molar-refractivity contribution in [3.63, 3.8) is 0 Å². The molecule has 1 aliphatic rings. The van der Waals surface area contributed by atoms with Gasteiger partial charge in [0.2, 0.25) is 0 Å². The van der Waals surface area contributed by atoms with Crippen LogP contribution < -0.4 is 4.90 Å². The van der Waals surface area contributed by atoms with Gasteiger partial charge < -0.3 is 14.2 Å². The molecular weight excluding hydrogens is 425 g/mol. The standard InChI is InChI=1S/C21H17F3N6O2/c22-21(23,24)15-2-1-3-16(12-15)28-7-9-29(10-8-28)20(31)30-19-18(26-27-30)5-4-17(25-19)14-6-11-32-13-14/h1-6,11-13H,7-10H2. The van der Waals surface area contributed by atoms with Crippen LogP contribution in [0.2, 0.25) is 0 Å². The van der Waals surface area contributed by atoms with Crippen LogP contribution in [0, 0.1) is 0 Å². The minimum absolute atomic E-state index is 0.328. The van der Waals surface area contributed by atoms with Crippen molar-refractivity contribution in [1.82, 2.24) is 24.9 Å². The number of carbonyl (C=O) groups is 1. The van der Waals surface area contributed by atoms with Crippen molar-refractivity contribution in [2.24, 2.45) is 0 Å². The van der Waals surface area contributed by atoms with Crippen molar-refractivity contribution in [3.8, 4) is 11.3 Å². The highest BCUT2D eigenvalue weighted by Gasteiger charge is 2.31. The normalized spacial score (nSPS) is 14.8. The van der Waals surface area contributed by atoms with Crippen LogP contribution in [0.3, 0.4) is 0 Å². The van der Waals surface area contributed by atoms with Gasteiger partial charge in [0.05, 0.1) is 23.8 Å². The second kappa shape index (κ2) is 7.66. The lowest BCUT2D eigenvalue weighted by atomic mass is 10.1. The van der Waals surface area contributed by atoms with Crippen LogP contribution in [-0.4, -0.2) is 57.1 Å². The Kier molecular flexibility index (Phi) is 4.80. The molecule has 0 N–H and O–H groups in total. The van der Waals surface area contributed by atoms with Crippen molar-refractivity contribution in [2.45, 2.75) is 6.18 Å². The minimum Gasteiger partial charge on any atom is -0.472 e. The maximum absolute atomic E-state index is 13.1. The Balaban J connectivity index is 1.33. The molecule has 1 aliphatic heterocycles. The summed E-state index contributed by atoms with van der Waals surface area (Å²) in [6.45, 7) is 1.45. The molecule has 1 amide bonds. The maximum Gasteiger partial charge on any atom is 0.416 e. The number of hydrogen-bond acceptors (Lipinski definition) is 6. The Hall–Kier alpha value is -3.89. The number of carbonyl (C=O) groups excluding carboxylic acids is 1. The smallest absolute Gasteiger partial charge is 0.416 e. The predicted octanol–water partition coefficient (Wildman–Crippen LogP) is 3.90. The summed E-state index contributed by atoms with van der Waals surface area (Å²) in [7, 11) is 0. The molecule has 32 heavy (non-hydrogen) atoms. The summed E-state index contributed by atoms with van der Waals surface area (Å²) in [5.74, 6) is 0. The summed E-state index contributed by atoms with van der Waals surface area (Å²) in [5, 5.41) is 7.97. The number of amides is 1. The Bertz CT molecular complexity index is 1260. The first-order chi connectivity index (χ1) is 15.4. The third-order valence-electron chi connectivity index (χ3n) is 5.38. The van der Waals surface area contributed by atoms with Gasteiger partial charge in [-0.05, 0) is 36.4 Å². The molecule has 0 radical (unpaired) electrons. The molecule has 0 bridgehead atoms. The molecule has 5 rings (SSSR count). The molecule has 1 fully saturated rings. The van der Waals surface area contributed by atoms with Gasteiger partial charge in [-0.3, -0.25) is 0 Å². The number of halogens is 3. The zero-order chi connectivity index (χ0) is 22.3. The quantitative estimate of drug-likeness (QED) is 0.469. The van der Waals surface area contributed by atoms with Crippen molar-refractivity contribution in [1.29, 1.82) is 0 Å². The third kappa shape index (κ3) is 3.66. The van der Waals surface area contributed by atoms with Gasteiger partial charge in [0, 0.05) is 37.4 Å². The summed E-state index contributed by atoms with van der Waals surface area (Å²) in [6, 6.07) is 10.1. The van der Waals surface area contributed by atoms with Gasteiger partial charge >= 0.3 is 12.2 Å². The van der Waals surface area contributed by atoms with Crippen LogP contribution in [-0.2, 0) is 6.18 Å². The van der Waals surface area contributed by atoms with Crippen LogP contribution >= 0.6 is 0 Å². The summed E-state index contributed by atoms with van der Waals surface area (Å²) < 4.78 is 45.3. The lowest BCUT2D eigenvalue weighted by molar-refractivity contribution is -0.137. The summed E-state index contributed by atoms with van der Waals surface area (Å²) in [4.78, 5) is 21.0. The van der Waals surface area contributed by atoms with Gasteiger partial charge in [0.15, 0.2) is 5.65 Å². The molecule has 0 unspecified atom stereocenters. The highest BCUT2D eigenvalue weighted by Crippen LogP contribution is 2.32. The molecule has 4 aromatic rings. The highest BCUT2D eigenvalue weighted by atomic mass is 19.4. The minimum atomic E-state index is -4.40. The van der Waals surface area contributed by atoms with Crippen molar-refractivity contribution >= 4 is 22.9 Å². The Labute approximate surface area is 179 Å². The lowest BCUT2D eigenvalue weighted by Gasteiger charge is -2.35.